The summed E-state index contributed by atoms with van der Waals surface area (Å²) in [6.07, 6.45) is 1.10. The molecule has 2 fully saturated rings. The molecule has 1 amide bonds. The maximum atomic E-state index is 14.3. The molecule has 0 spiro atoms. The molecule has 1 aromatic heterocycles. The predicted octanol–water partition coefficient (Wildman–Crippen LogP) is 4.86. The Morgan fingerprint density at radius 2 is 1.63 bits per heavy atom. The van der Waals surface area contributed by atoms with Gasteiger partial charge in [-0.3, -0.25) is 19.1 Å². The lowest BCUT2D eigenvalue weighted by Crippen LogP contribution is -2.48. The third-order valence-corrected chi connectivity index (χ3v) is 9.14. The molecule has 6 rings (SSSR count). The van der Waals surface area contributed by atoms with Gasteiger partial charge in [0.05, 0.1) is 29.2 Å². The smallest absolute Gasteiger partial charge is 0.266 e. The molecule has 242 valence electrons. The van der Waals surface area contributed by atoms with Crippen LogP contribution in [-0.4, -0.2) is 95.7 Å². The lowest BCUT2D eigenvalue weighted by atomic mass is 10.1. The van der Waals surface area contributed by atoms with E-state index in [-0.39, 0.29) is 17.6 Å². The van der Waals surface area contributed by atoms with Crippen LogP contribution >= 0.6 is 11.6 Å². The van der Waals surface area contributed by atoms with Gasteiger partial charge in [-0.2, -0.15) is 0 Å². The molecular formula is C36H43ClN6O3. The summed E-state index contributed by atoms with van der Waals surface area (Å²) < 4.78 is 8.05. The van der Waals surface area contributed by atoms with E-state index in [0.29, 0.717) is 78.8 Å². The van der Waals surface area contributed by atoms with Crippen molar-refractivity contribution in [2.45, 2.75) is 39.3 Å². The summed E-state index contributed by atoms with van der Waals surface area (Å²) in [6, 6.07) is 21.4. The molecule has 0 unspecified atom stereocenters. The zero-order valence-corrected chi connectivity index (χ0v) is 27.7. The second-order valence-corrected chi connectivity index (χ2v) is 13.0. The molecule has 2 aliphatic rings. The highest BCUT2D eigenvalue weighted by atomic mass is 35.5. The molecular weight excluding hydrogens is 600 g/mol. The number of carbonyl (C=O) groups excluding carboxylic acids is 1. The Morgan fingerprint density at radius 1 is 0.913 bits per heavy atom. The Morgan fingerprint density at radius 3 is 2.35 bits per heavy atom. The third kappa shape index (κ3) is 7.38. The van der Waals surface area contributed by atoms with Crippen LogP contribution in [-0.2, 0) is 17.8 Å². The number of aromatic nitrogens is 2. The van der Waals surface area contributed by atoms with Gasteiger partial charge in [0.1, 0.15) is 11.6 Å². The van der Waals surface area contributed by atoms with Crippen LogP contribution in [0.2, 0.25) is 5.02 Å². The Hall–Kier alpha value is -3.92. The zero-order valence-electron chi connectivity index (χ0n) is 27.0. The number of anilines is 1. The Kier molecular flexibility index (Phi) is 9.92. The fraction of sp³-hybridized carbons (Fsp3) is 0.417. The van der Waals surface area contributed by atoms with Crippen LogP contribution in [0.5, 0.6) is 5.75 Å². The van der Waals surface area contributed by atoms with Crippen molar-refractivity contribution >= 4 is 34.1 Å². The summed E-state index contributed by atoms with van der Waals surface area (Å²) in [5.74, 6) is 1.48. The summed E-state index contributed by atoms with van der Waals surface area (Å²) in [6.45, 7) is 10.9. The van der Waals surface area contributed by atoms with Crippen LogP contribution in [0, 0.1) is 0 Å². The minimum atomic E-state index is -0.110. The zero-order chi connectivity index (χ0) is 32.2. The average Bonchev–Trinajstić information content (AvgIpc) is 3.05. The SMILES string of the molecule is CC(C)Oc1ccc(N2CCN(C)CC2)cc1-n1c(CN2CCN(C(=O)CCc3ccc(Cl)cc3)CC2)nc2ccccc2c1=O. The van der Waals surface area contributed by atoms with Crippen LogP contribution in [0.15, 0.2) is 71.5 Å². The number of aryl methyl sites for hydroxylation is 1. The number of hydrogen-bond donors (Lipinski definition) is 0. The van der Waals surface area contributed by atoms with Gasteiger partial charge in [0.2, 0.25) is 5.91 Å². The number of nitrogens with zero attached hydrogens (tertiary/aromatic N) is 6. The van der Waals surface area contributed by atoms with Crippen molar-refractivity contribution in [1.82, 2.24) is 24.3 Å². The average molecular weight is 643 g/mol. The van der Waals surface area contributed by atoms with E-state index in [1.54, 1.807) is 4.57 Å². The quantitative estimate of drug-likeness (QED) is 0.258. The van der Waals surface area contributed by atoms with Crippen molar-refractivity contribution in [1.29, 1.82) is 0 Å². The van der Waals surface area contributed by atoms with Crippen molar-refractivity contribution in [3.63, 3.8) is 0 Å². The number of carbonyl (C=O) groups is 1. The van der Waals surface area contributed by atoms with E-state index in [2.05, 4.69) is 33.9 Å². The molecule has 0 saturated carbocycles. The van der Waals surface area contributed by atoms with E-state index in [0.717, 1.165) is 37.4 Å². The van der Waals surface area contributed by atoms with E-state index in [1.165, 1.54) is 0 Å². The molecule has 46 heavy (non-hydrogen) atoms. The largest absolute Gasteiger partial charge is 0.489 e. The van der Waals surface area contributed by atoms with Gasteiger partial charge in [0, 0.05) is 69.5 Å². The Labute approximate surface area is 275 Å². The molecule has 4 aromatic rings. The molecule has 0 N–H and O–H groups in total. The minimum Gasteiger partial charge on any atom is -0.489 e. The normalized spacial score (nSPS) is 16.4. The number of rotatable bonds is 9. The molecule has 0 aliphatic carbocycles. The van der Waals surface area contributed by atoms with Gasteiger partial charge in [0.25, 0.3) is 5.56 Å². The molecule has 2 aliphatic heterocycles. The summed E-state index contributed by atoms with van der Waals surface area (Å²) in [5, 5.41) is 1.27. The standard InChI is InChI=1S/C36H43ClN6O3/c1-26(2)46-33-14-13-29(41-20-16-39(3)17-21-41)24-32(33)43-34(38-31-7-5-4-6-30(31)36(43)45)25-40-18-22-42(23-19-40)35(44)15-10-27-8-11-28(37)12-9-27/h4-9,11-14,24,26H,10,15-23,25H2,1-3H3. The Balaban J connectivity index is 1.26. The molecule has 0 atom stereocenters. The fourth-order valence-corrected chi connectivity index (χ4v) is 6.37. The van der Waals surface area contributed by atoms with Gasteiger partial charge >= 0.3 is 0 Å². The molecule has 9 nitrogen and oxygen atoms in total. The van der Waals surface area contributed by atoms with Crippen LogP contribution in [0.3, 0.4) is 0 Å². The number of ether oxygens (including phenoxy) is 1. The van der Waals surface area contributed by atoms with Gasteiger partial charge in [-0.25, -0.2) is 4.98 Å². The van der Waals surface area contributed by atoms with E-state index < -0.39 is 0 Å². The van der Waals surface area contributed by atoms with Crippen molar-refractivity contribution in [2.75, 3.05) is 64.3 Å². The van der Waals surface area contributed by atoms with Crippen LogP contribution in [0.25, 0.3) is 16.6 Å². The number of hydrogen-bond acceptors (Lipinski definition) is 7. The second kappa shape index (κ2) is 14.2. The van der Waals surface area contributed by atoms with Crippen LogP contribution < -0.4 is 15.2 Å². The number of amides is 1. The van der Waals surface area contributed by atoms with Gasteiger partial charge in [-0.15, -0.1) is 0 Å². The number of benzene rings is 3. The molecule has 0 radical (unpaired) electrons. The van der Waals surface area contributed by atoms with Gasteiger partial charge < -0.3 is 19.4 Å². The molecule has 2 saturated heterocycles. The van der Waals surface area contributed by atoms with E-state index in [9.17, 15) is 9.59 Å². The first-order valence-electron chi connectivity index (χ1n) is 16.2. The lowest BCUT2D eigenvalue weighted by molar-refractivity contribution is -0.133. The molecule has 10 heteroatoms. The highest BCUT2D eigenvalue weighted by Crippen LogP contribution is 2.31. The number of likely N-dealkylation sites (N-methyl/N-ethyl adjacent to an activating group) is 1. The van der Waals surface area contributed by atoms with E-state index in [4.69, 9.17) is 21.3 Å². The summed E-state index contributed by atoms with van der Waals surface area (Å²) in [7, 11) is 2.14. The van der Waals surface area contributed by atoms with Crippen molar-refractivity contribution in [3.05, 3.63) is 93.5 Å². The minimum absolute atomic E-state index is 0.0638. The van der Waals surface area contributed by atoms with Crippen molar-refractivity contribution < 1.29 is 9.53 Å². The van der Waals surface area contributed by atoms with Gasteiger partial charge in [0.15, 0.2) is 0 Å². The van der Waals surface area contributed by atoms with E-state index >= 15 is 0 Å². The van der Waals surface area contributed by atoms with Gasteiger partial charge in [-0.05, 0) is 75.3 Å². The fourth-order valence-electron chi connectivity index (χ4n) is 6.24. The number of piperazine rings is 2. The summed E-state index contributed by atoms with van der Waals surface area (Å²) in [4.78, 5) is 41.3. The maximum Gasteiger partial charge on any atom is 0.266 e. The topological polar surface area (TPSA) is 74.2 Å². The Bertz CT molecular complexity index is 1720. The summed E-state index contributed by atoms with van der Waals surface area (Å²) >= 11 is 6.01. The second-order valence-electron chi connectivity index (χ2n) is 12.6. The highest BCUT2D eigenvalue weighted by Gasteiger charge is 2.25. The molecule has 3 heterocycles. The number of halogens is 1. The lowest BCUT2D eigenvalue weighted by Gasteiger charge is -2.35. The number of para-hydroxylation sites is 1. The monoisotopic (exact) mass is 642 g/mol. The van der Waals surface area contributed by atoms with Crippen molar-refractivity contribution in [3.8, 4) is 11.4 Å². The maximum absolute atomic E-state index is 14.3. The number of fused-ring (bicyclic) bond motifs is 1. The first-order chi connectivity index (χ1) is 22.2. The van der Waals surface area contributed by atoms with Crippen molar-refractivity contribution in [2.24, 2.45) is 0 Å². The first-order valence-corrected chi connectivity index (χ1v) is 16.6. The van der Waals surface area contributed by atoms with Gasteiger partial charge in [-0.1, -0.05) is 35.9 Å². The summed E-state index contributed by atoms with van der Waals surface area (Å²) in [5.41, 5.74) is 3.45. The van der Waals surface area contributed by atoms with E-state index in [1.807, 2.05) is 73.3 Å². The molecule has 0 bridgehead atoms. The first kappa shape index (κ1) is 32.0. The predicted molar refractivity (Wildman–Crippen MR) is 184 cm³/mol. The van der Waals surface area contributed by atoms with Crippen LogP contribution in [0.1, 0.15) is 31.7 Å². The highest BCUT2D eigenvalue weighted by molar-refractivity contribution is 6.30. The third-order valence-electron chi connectivity index (χ3n) is 8.89. The molecule has 3 aromatic carbocycles. The van der Waals surface area contributed by atoms with Crippen LogP contribution in [0.4, 0.5) is 5.69 Å².